The van der Waals surface area contributed by atoms with Crippen molar-refractivity contribution in [2.24, 2.45) is 0 Å². The summed E-state index contributed by atoms with van der Waals surface area (Å²) in [6.07, 6.45) is 8.14. The number of ether oxygens (including phenoxy) is 1. The summed E-state index contributed by atoms with van der Waals surface area (Å²) in [5.74, 6) is -0.491. The molecule has 1 fully saturated rings. The summed E-state index contributed by atoms with van der Waals surface area (Å²) in [4.78, 5) is 11.6. The fourth-order valence-corrected chi connectivity index (χ4v) is 1.91. The van der Waals surface area contributed by atoms with Crippen LogP contribution in [0.5, 0.6) is 0 Å². The molecule has 0 saturated heterocycles. The molecule has 0 radical (unpaired) electrons. The Kier molecular flexibility index (Phi) is 6.19. The smallest absolute Gasteiger partial charge is 0.258 e. The van der Waals surface area contributed by atoms with Gasteiger partial charge in [0.2, 0.25) is 0 Å². The van der Waals surface area contributed by atoms with Crippen molar-refractivity contribution in [1.82, 2.24) is 5.32 Å². The van der Waals surface area contributed by atoms with Crippen molar-refractivity contribution in [3.8, 4) is 0 Å². The number of carbonyl (C=O) groups excluding carboxylic acids is 1. The third-order valence-corrected chi connectivity index (χ3v) is 2.81. The molecule has 1 saturated carbocycles. The lowest BCUT2D eigenvalue weighted by Gasteiger charge is -2.22. The second-order valence-electron chi connectivity index (χ2n) is 4.44. The summed E-state index contributed by atoms with van der Waals surface area (Å²) in [5, 5.41) is 2.92. The second-order valence-corrected chi connectivity index (χ2v) is 4.44. The Bertz CT molecular complexity index is 344. The van der Waals surface area contributed by atoms with Gasteiger partial charge < -0.3 is 10.1 Å². The molecule has 0 aromatic rings. The van der Waals surface area contributed by atoms with Crippen LogP contribution in [0.1, 0.15) is 32.1 Å². The number of carbonyl (C=O) groups is 1. The van der Waals surface area contributed by atoms with Crippen LogP contribution in [0.4, 0.5) is 4.39 Å². The van der Waals surface area contributed by atoms with Gasteiger partial charge in [-0.05, 0) is 25.0 Å². The van der Waals surface area contributed by atoms with Gasteiger partial charge in [0.1, 0.15) is 11.6 Å². The number of hydrogen-bond donors (Lipinski definition) is 1. The Balaban J connectivity index is 2.19. The number of rotatable bonds is 6. The highest BCUT2D eigenvalue weighted by Gasteiger charge is 2.15. The van der Waals surface area contributed by atoms with Crippen LogP contribution in [0.3, 0.4) is 0 Å². The van der Waals surface area contributed by atoms with Crippen LogP contribution in [0.2, 0.25) is 0 Å². The molecule has 1 N–H and O–H groups in total. The van der Waals surface area contributed by atoms with Crippen molar-refractivity contribution in [3.05, 3.63) is 36.9 Å². The minimum atomic E-state index is -0.577. The number of nitrogens with one attached hydrogen (secondary N) is 1. The lowest BCUT2D eigenvalue weighted by Crippen LogP contribution is -2.38. The van der Waals surface area contributed by atoms with E-state index in [2.05, 4.69) is 18.5 Å². The summed E-state index contributed by atoms with van der Waals surface area (Å²) in [5.41, 5.74) is 0. The highest BCUT2D eigenvalue weighted by molar-refractivity contribution is 5.77. The zero-order valence-corrected chi connectivity index (χ0v) is 10.6. The molecule has 0 atom stereocenters. The lowest BCUT2D eigenvalue weighted by atomic mass is 9.95. The highest BCUT2D eigenvalue weighted by atomic mass is 19.1. The Labute approximate surface area is 107 Å². The van der Waals surface area contributed by atoms with E-state index < -0.39 is 5.83 Å². The van der Waals surface area contributed by atoms with E-state index in [0.717, 1.165) is 18.9 Å². The predicted molar refractivity (Wildman–Crippen MR) is 69.5 cm³/mol. The summed E-state index contributed by atoms with van der Waals surface area (Å²) < 4.78 is 17.4. The molecule has 0 aromatic carbocycles. The lowest BCUT2D eigenvalue weighted by molar-refractivity contribution is -0.125. The number of allylic oxidation sites excluding steroid dienone is 3. The predicted octanol–water partition coefficient (Wildman–Crippen LogP) is 3.01. The fourth-order valence-electron chi connectivity index (χ4n) is 1.91. The minimum absolute atomic E-state index is 0.0849. The molecule has 1 aliphatic rings. The highest BCUT2D eigenvalue weighted by Crippen LogP contribution is 2.17. The normalized spacial score (nSPS) is 16.5. The maximum absolute atomic E-state index is 12.3. The molecule has 0 unspecified atom stereocenters. The Morgan fingerprint density at radius 2 is 1.94 bits per heavy atom. The number of hydrogen-bond acceptors (Lipinski definition) is 2. The standard InChI is InChI=1S/C14H20FNO2/c1-11(15)8-9-12(2)18-10-14(17)16-13-6-4-3-5-7-13/h8-9,13H,1-7,10H2,(H,16,17)/b9-8-. The third-order valence-electron chi connectivity index (χ3n) is 2.81. The Hall–Kier alpha value is -1.58. The quantitative estimate of drug-likeness (QED) is 0.583. The van der Waals surface area contributed by atoms with Gasteiger partial charge in [0, 0.05) is 6.04 Å². The van der Waals surface area contributed by atoms with Crippen LogP contribution in [0.25, 0.3) is 0 Å². The van der Waals surface area contributed by atoms with Gasteiger partial charge in [-0.2, -0.15) is 0 Å². The summed E-state index contributed by atoms with van der Waals surface area (Å²) >= 11 is 0. The zero-order valence-electron chi connectivity index (χ0n) is 10.6. The molecule has 1 rings (SSSR count). The molecule has 0 bridgehead atoms. The Morgan fingerprint density at radius 3 is 2.56 bits per heavy atom. The molecule has 1 amide bonds. The summed E-state index contributed by atoms with van der Waals surface area (Å²) in [7, 11) is 0. The van der Waals surface area contributed by atoms with E-state index in [1.54, 1.807) is 0 Å². The molecule has 1 aliphatic carbocycles. The molecule has 18 heavy (non-hydrogen) atoms. The number of amides is 1. The largest absolute Gasteiger partial charge is 0.484 e. The van der Waals surface area contributed by atoms with E-state index in [-0.39, 0.29) is 24.3 Å². The van der Waals surface area contributed by atoms with Gasteiger partial charge in [0.05, 0.1) is 0 Å². The van der Waals surface area contributed by atoms with Crippen LogP contribution in [0, 0.1) is 0 Å². The van der Waals surface area contributed by atoms with Crippen LogP contribution in [-0.4, -0.2) is 18.6 Å². The van der Waals surface area contributed by atoms with Crippen LogP contribution < -0.4 is 5.32 Å². The average Bonchev–Trinajstić information content (AvgIpc) is 2.35. The molecular formula is C14H20FNO2. The molecule has 4 heteroatoms. The van der Waals surface area contributed by atoms with Gasteiger partial charge >= 0.3 is 0 Å². The first-order chi connectivity index (χ1) is 8.58. The first-order valence-electron chi connectivity index (χ1n) is 6.21. The molecule has 100 valence electrons. The Morgan fingerprint density at radius 1 is 1.28 bits per heavy atom. The van der Waals surface area contributed by atoms with Crippen molar-refractivity contribution in [3.63, 3.8) is 0 Å². The maximum atomic E-state index is 12.3. The maximum Gasteiger partial charge on any atom is 0.258 e. The van der Waals surface area contributed by atoms with E-state index in [9.17, 15) is 9.18 Å². The van der Waals surface area contributed by atoms with Crippen LogP contribution >= 0.6 is 0 Å². The van der Waals surface area contributed by atoms with Gasteiger partial charge in [-0.3, -0.25) is 4.79 Å². The van der Waals surface area contributed by atoms with Gasteiger partial charge in [-0.15, -0.1) is 0 Å². The monoisotopic (exact) mass is 253 g/mol. The van der Waals surface area contributed by atoms with E-state index in [1.807, 2.05) is 0 Å². The van der Waals surface area contributed by atoms with E-state index in [1.165, 1.54) is 25.3 Å². The summed E-state index contributed by atoms with van der Waals surface area (Å²) in [6, 6.07) is 0.268. The molecule has 3 nitrogen and oxygen atoms in total. The number of halogens is 1. The van der Waals surface area contributed by atoms with Crippen molar-refractivity contribution in [2.45, 2.75) is 38.1 Å². The van der Waals surface area contributed by atoms with Gasteiger partial charge in [0.15, 0.2) is 6.61 Å². The molecule has 0 aromatic heterocycles. The van der Waals surface area contributed by atoms with Gasteiger partial charge in [0.25, 0.3) is 5.91 Å². The second kappa shape index (κ2) is 7.69. The zero-order chi connectivity index (χ0) is 13.4. The van der Waals surface area contributed by atoms with Crippen molar-refractivity contribution >= 4 is 5.91 Å². The van der Waals surface area contributed by atoms with Gasteiger partial charge in [-0.25, -0.2) is 4.39 Å². The van der Waals surface area contributed by atoms with Crippen molar-refractivity contribution in [1.29, 1.82) is 0 Å². The van der Waals surface area contributed by atoms with Crippen LogP contribution in [-0.2, 0) is 9.53 Å². The first-order valence-corrected chi connectivity index (χ1v) is 6.21. The molecule has 0 spiro atoms. The topological polar surface area (TPSA) is 38.3 Å². The van der Waals surface area contributed by atoms with E-state index in [0.29, 0.717) is 0 Å². The SMILES string of the molecule is C=C(F)/C=C\C(=C)OCC(=O)NC1CCCCC1. The minimum Gasteiger partial charge on any atom is -0.484 e. The van der Waals surface area contributed by atoms with E-state index in [4.69, 9.17) is 4.74 Å². The van der Waals surface area contributed by atoms with Crippen molar-refractivity contribution in [2.75, 3.05) is 6.61 Å². The fraction of sp³-hybridized carbons (Fsp3) is 0.500. The molecule has 0 heterocycles. The third kappa shape index (κ3) is 6.23. The molecule has 0 aliphatic heterocycles. The van der Waals surface area contributed by atoms with Crippen molar-refractivity contribution < 1.29 is 13.9 Å². The van der Waals surface area contributed by atoms with E-state index >= 15 is 0 Å². The summed E-state index contributed by atoms with van der Waals surface area (Å²) in [6.45, 7) is 6.53. The first kappa shape index (κ1) is 14.5. The van der Waals surface area contributed by atoms with Gasteiger partial charge in [-0.1, -0.05) is 32.4 Å². The van der Waals surface area contributed by atoms with Crippen LogP contribution in [0.15, 0.2) is 36.9 Å². The average molecular weight is 253 g/mol. The molecular weight excluding hydrogens is 233 g/mol.